The van der Waals surface area contributed by atoms with Gasteiger partial charge in [0, 0.05) is 34.9 Å². The molecule has 2 saturated carbocycles. The fourth-order valence-corrected chi connectivity index (χ4v) is 3.87. The molecule has 1 aromatic carbocycles. The Morgan fingerprint density at radius 1 is 1.11 bits per heavy atom. The number of anilines is 1. The van der Waals surface area contributed by atoms with Gasteiger partial charge in [0.15, 0.2) is 0 Å². The minimum absolute atomic E-state index is 0.697. The Balaban J connectivity index is 1.67. The summed E-state index contributed by atoms with van der Waals surface area (Å²) in [6, 6.07) is 9.27. The highest BCUT2D eigenvalue weighted by Crippen LogP contribution is 2.45. The molecular weight excluding hydrogens is 220 g/mol. The van der Waals surface area contributed by atoms with Gasteiger partial charge < -0.3 is 5.32 Å². The Bertz CT molecular complexity index is 573. The van der Waals surface area contributed by atoms with Crippen molar-refractivity contribution in [3.8, 4) is 0 Å². The van der Waals surface area contributed by atoms with E-state index in [0.29, 0.717) is 6.04 Å². The zero-order valence-electron chi connectivity index (χ0n) is 10.5. The van der Waals surface area contributed by atoms with Gasteiger partial charge in [0.05, 0.1) is 0 Å². The number of aromatic nitrogens is 1. The summed E-state index contributed by atoms with van der Waals surface area (Å²) in [5.74, 6) is 1.90. The first-order valence-electron chi connectivity index (χ1n) is 6.99. The number of hydrogen-bond acceptors (Lipinski definition) is 2. The van der Waals surface area contributed by atoms with Crippen LogP contribution in [0.4, 0.5) is 5.69 Å². The third-order valence-electron chi connectivity index (χ3n) is 4.76. The maximum Gasteiger partial charge on any atom is 0.0423 e. The van der Waals surface area contributed by atoms with Crippen LogP contribution in [-0.2, 0) is 0 Å². The fraction of sp³-hybridized carbons (Fsp3) is 0.438. The van der Waals surface area contributed by atoms with Crippen molar-refractivity contribution in [3.63, 3.8) is 0 Å². The van der Waals surface area contributed by atoms with Crippen molar-refractivity contribution < 1.29 is 0 Å². The molecule has 0 radical (unpaired) electrons. The second-order valence-electron chi connectivity index (χ2n) is 5.83. The Labute approximate surface area is 107 Å². The molecule has 1 heterocycles. The predicted molar refractivity (Wildman–Crippen MR) is 74.6 cm³/mol. The Hall–Kier alpha value is -1.57. The highest BCUT2D eigenvalue weighted by atomic mass is 14.9. The molecule has 1 N–H and O–H groups in total. The van der Waals surface area contributed by atoms with E-state index in [4.69, 9.17) is 0 Å². The highest BCUT2D eigenvalue weighted by molar-refractivity contribution is 5.93. The van der Waals surface area contributed by atoms with Crippen LogP contribution in [0.15, 0.2) is 36.7 Å². The average molecular weight is 238 g/mol. The van der Waals surface area contributed by atoms with Crippen molar-refractivity contribution in [3.05, 3.63) is 36.7 Å². The minimum Gasteiger partial charge on any atom is -0.382 e. The zero-order valence-corrected chi connectivity index (χ0v) is 10.5. The Morgan fingerprint density at radius 2 is 2.11 bits per heavy atom. The lowest BCUT2D eigenvalue weighted by molar-refractivity contribution is 0.440. The summed E-state index contributed by atoms with van der Waals surface area (Å²) in [4.78, 5) is 4.20. The SMILES string of the molecule is c1cc(NC2CC3CCC2C3)c2ccncc2c1. The molecular formula is C16H18N2. The summed E-state index contributed by atoms with van der Waals surface area (Å²) >= 11 is 0. The molecule has 4 rings (SSSR count). The third-order valence-corrected chi connectivity index (χ3v) is 4.76. The van der Waals surface area contributed by atoms with Gasteiger partial charge in [-0.3, -0.25) is 4.98 Å². The summed E-state index contributed by atoms with van der Waals surface area (Å²) in [5, 5.41) is 6.32. The van der Waals surface area contributed by atoms with Crippen molar-refractivity contribution in [2.24, 2.45) is 11.8 Å². The van der Waals surface area contributed by atoms with E-state index in [1.165, 1.54) is 42.1 Å². The predicted octanol–water partition coefficient (Wildman–Crippen LogP) is 3.84. The molecule has 2 aromatic rings. The van der Waals surface area contributed by atoms with E-state index in [1.807, 2.05) is 12.4 Å². The molecule has 0 aliphatic heterocycles. The summed E-state index contributed by atoms with van der Waals surface area (Å²) in [6.07, 6.45) is 9.53. The Morgan fingerprint density at radius 3 is 2.94 bits per heavy atom. The van der Waals surface area contributed by atoms with Gasteiger partial charge in [-0.15, -0.1) is 0 Å². The lowest BCUT2D eigenvalue weighted by Gasteiger charge is -2.24. The topological polar surface area (TPSA) is 24.9 Å². The molecule has 0 saturated heterocycles. The quantitative estimate of drug-likeness (QED) is 0.860. The van der Waals surface area contributed by atoms with Crippen LogP contribution < -0.4 is 5.32 Å². The van der Waals surface area contributed by atoms with Gasteiger partial charge in [0.25, 0.3) is 0 Å². The lowest BCUT2D eigenvalue weighted by atomic mass is 9.95. The molecule has 92 valence electrons. The molecule has 3 atom stereocenters. The maximum absolute atomic E-state index is 4.20. The van der Waals surface area contributed by atoms with Crippen molar-refractivity contribution in [2.45, 2.75) is 31.7 Å². The largest absolute Gasteiger partial charge is 0.382 e. The number of fused-ring (bicyclic) bond motifs is 3. The number of nitrogens with one attached hydrogen (secondary N) is 1. The van der Waals surface area contributed by atoms with Gasteiger partial charge >= 0.3 is 0 Å². The molecule has 18 heavy (non-hydrogen) atoms. The van der Waals surface area contributed by atoms with Gasteiger partial charge in [-0.1, -0.05) is 18.6 Å². The van der Waals surface area contributed by atoms with Gasteiger partial charge in [-0.05, 0) is 43.2 Å². The number of nitrogens with zero attached hydrogens (tertiary/aromatic N) is 1. The van der Waals surface area contributed by atoms with Crippen molar-refractivity contribution >= 4 is 16.5 Å². The van der Waals surface area contributed by atoms with Crippen LogP contribution >= 0.6 is 0 Å². The lowest BCUT2D eigenvalue weighted by Crippen LogP contribution is -2.25. The number of rotatable bonds is 2. The van der Waals surface area contributed by atoms with Gasteiger partial charge in [0.2, 0.25) is 0 Å². The van der Waals surface area contributed by atoms with Gasteiger partial charge in [0.1, 0.15) is 0 Å². The van der Waals surface area contributed by atoms with E-state index >= 15 is 0 Å². The number of hydrogen-bond donors (Lipinski definition) is 1. The summed E-state index contributed by atoms with van der Waals surface area (Å²) in [7, 11) is 0. The smallest absolute Gasteiger partial charge is 0.0423 e. The van der Waals surface area contributed by atoms with E-state index in [0.717, 1.165) is 11.8 Å². The Kier molecular flexibility index (Phi) is 2.29. The standard InChI is InChI=1S/C16H18N2/c1-2-13-10-17-7-6-14(13)15(3-1)18-16-9-11-4-5-12(16)8-11/h1-3,6-7,10-12,16,18H,4-5,8-9H2. The summed E-state index contributed by atoms with van der Waals surface area (Å²) < 4.78 is 0. The van der Waals surface area contributed by atoms with E-state index in [-0.39, 0.29) is 0 Å². The number of pyridine rings is 1. The molecule has 2 aliphatic carbocycles. The molecule has 0 amide bonds. The van der Waals surface area contributed by atoms with Crippen LogP contribution in [0.3, 0.4) is 0 Å². The first kappa shape index (κ1) is 10.4. The van der Waals surface area contributed by atoms with E-state index in [1.54, 1.807) is 0 Å². The first-order chi connectivity index (χ1) is 8.90. The second-order valence-corrected chi connectivity index (χ2v) is 5.83. The highest BCUT2D eigenvalue weighted by Gasteiger charge is 2.39. The van der Waals surface area contributed by atoms with Crippen LogP contribution in [0.2, 0.25) is 0 Å². The molecule has 2 aliphatic rings. The molecule has 0 spiro atoms. The van der Waals surface area contributed by atoms with Crippen molar-refractivity contribution in [2.75, 3.05) is 5.32 Å². The molecule has 1 aromatic heterocycles. The zero-order chi connectivity index (χ0) is 11.9. The van der Waals surface area contributed by atoms with Crippen molar-refractivity contribution in [1.29, 1.82) is 0 Å². The van der Waals surface area contributed by atoms with Gasteiger partial charge in [-0.2, -0.15) is 0 Å². The van der Waals surface area contributed by atoms with Crippen LogP contribution in [-0.4, -0.2) is 11.0 Å². The summed E-state index contributed by atoms with van der Waals surface area (Å²) in [6.45, 7) is 0. The fourth-order valence-electron chi connectivity index (χ4n) is 3.87. The van der Waals surface area contributed by atoms with Crippen LogP contribution in [0.25, 0.3) is 10.8 Å². The van der Waals surface area contributed by atoms with Crippen molar-refractivity contribution in [1.82, 2.24) is 4.98 Å². The van der Waals surface area contributed by atoms with Crippen LogP contribution in [0, 0.1) is 11.8 Å². The van der Waals surface area contributed by atoms with Gasteiger partial charge in [-0.25, -0.2) is 0 Å². The summed E-state index contributed by atoms with van der Waals surface area (Å²) in [5.41, 5.74) is 1.28. The van der Waals surface area contributed by atoms with Crippen LogP contribution in [0.5, 0.6) is 0 Å². The second kappa shape index (κ2) is 3.98. The average Bonchev–Trinajstić information content (AvgIpc) is 3.01. The monoisotopic (exact) mass is 238 g/mol. The normalized spacial score (nSPS) is 29.9. The number of benzene rings is 1. The van der Waals surface area contributed by atoms with E-state index in [9.17, 15) is 0 Å². The maximum atomic E-state index is 4.20. The molecule has 2 nitrogen and oxygen atoms in total. The molecule has 2 heteroatoms. The third kappa shape index (κ3) is 1.59. The van der Waals surface area contributed by atoms with E-state index < -0.39 is 0 Å². The molecule has 2 bridgehead atoms. The van der Waals surface area contributed by atoms with E-state index in [2.05, 4.69) is 34.6 Å². The first-order valence-corrected chi connectivity index (χ1v) is 6.99. The van der Waals surface area contributed by atoms with Crippen LogP contribution in [0.1, 0.15) is 25.7 Å². The molecule has 3 unspecified atom stereocenters. The molecule has 2 fully saturated rings. The minimum atomic E-state index is 0.697.